The number of benzene rings is 2. The standard InChI is InChI=1S/C22H25ClN2O4S/c23-19-11-10-17(13-20(19)30(27,28)24-14-18-7-4-12-29-18)22(26)25-21(16-8-9-16)15-5-2-1-3-6-15/h1-3,5-6,10-11,13,16,18,21,24H,4,7-9,12,14H2,(H,25,26). The average molecular weight is 449 g/mol. The molecule has 2 fully saturated rings. The van der Waals surface area contributed by atoms with Gasteiger partial charge in [0, 0.05) is 18.7 Å². The lowest BCUT2D eigenvalue weighted by Gasteiger charge is -2.19. The number of hydrogen-bond acceptors (Lipinski definition) is 4. The molecule has 160 valence electrons. The first-order valence-electron chi connectivity index (χ1n) is 10.2. The van der Waals surface area contributed by atoms with E-state index in [2.05, 4.69) is 10.0 Å². The molecule has 1 heterocycles. The van der Waals surface area contributed by atoms with Gasteiger partial charge in [-0.3, -0.25) is 4.79 Å². The van der Waals surface area contributed by atoms with Gasteiger partial charge in [-0.2, -0.15) is 0 Å². The third-order valence-corrected chi connectivity index (χ3v) is 7.45. The summed E-state index contributed by atoms with van der Waals surface area (Å²) in [6, 6.07) is 14.1. The molecule has 2 aromatic carbocycles. The van der Waals surface area contributed by atoms with E-state index in [1.807, 2.05) is 30.3 Å². The monoisotopic (exact) mass is 448 g/mol. The Balaban J connectivity index is 1.51. The highest BCUT2D eigenvalue weighted by Crippen LogP contribution is 2.41. The van der Waals surface area contributed by atoms with Gasteiger partial charge >= 0.3 is 0 Å². The van der Waals surface area contributed by atoms with Gasteiger partial charge in [0.1, 0.15) is 4.90 Å². The molecule has 8 heteroatoms. The highest BCUT2D eigenvalue weighted by atomic mass is 35.5. The highest BCUT2D eigenvalue weighted by Gasteiger charge is 2.33. The molecule has 2 aromatic rings. The predicted octanol–water partition coefficient (Wildman–Crippen LogP) is 3.68. The minimum Gasteiger partial charge on any atom is -0.377 e. The fraction of sp³-hybridized carbons (Fsp3) is 0.409. The van der Waals surface area contributed by atoms with E-state index in [9.17, 15) is 13.2 Å². The van der Waals surface area contributed by atoms with E-state index in [0.29, 0.717) is 12.5 Å². The fourth-order valence-electron chi connectivity index (χ4n) is 3.72. The van der Waals surface area contributed by atoms with Crippen LogP contribution in [0, 0.1) is 5.92 Å². The molecule has 2 unspecified atom stereocenters. The summed E-state index contributed by atoms with van der Waals surface area (Å²) in [5.74, 6) is 0.0860. The van der Waals surface area contributed by atoms with Crippen molar-refractivity contribution in [2.75, 3.05) is 13.2 Å². The minimum atomic E-state index is -3.86. The predicted molar refractivity (Wildman–Crippen MR) is 115 cm³/mol. The Bertz CT molecular complexity index is 1000. The molecule has 0 spiro atoms. The maximum atomic E-state index is 12.9. The lowest BCUT2D eigenvalue weighted by atomic mass is 10.0. The fourth-order valence-corrected chi connectivity index (χ4v) is 5.31. The van der Waals surface area contributed by atoms with E-state index < -0.39 is 10.0 Å². The normalized spacial score (nSPS) is 20.1. The molecular formula is C22H25ClN2O4S. The third kappa shape index (κ3) is 5.03. The Kier molecular flexibility index (Phi) is 6.43. The minimum absolute atomic E-state index is 0.0770. The van der Waals surface area contributed by atoms with Gasteiger partial charge in [0.2, 0.25) is 10.0 Å². The van der Waals surface area contributed by atoms with E-state index in [4.69, 9.17) is 16.3 Å². The van der Waals surface area contributed by atoms with Crippen LogP contribution in [0.15, 0.2) is 53.4 Å². The van der Waals surface area contributed by atoms with E-state index in [-0.39, 0.29) is 40.1 Å². The molecular weight excluding hydrogens is 424 g/mol. The van der Waals surface area contributed by atoms with Crippen molar-refractivity contribution in [3.05, 3.63) is 64.7 Å². The Morgan fingerprint density at radius 1 is 1.13 bits per heavy atom. The summed E-state index contributed by atoms with van der Waals surface area (Å²) in [4.78, 5) is 12.8. The topological polar surface area (TPSA) is 84.5 Å². The molecule has 1 aliphatic carbocycles. The van der Waals surface area contributed by atoms with Crippen LogP contribution in [-0.4, -0.2) is 33.6 Å². The van der Waals surface area contributed by atoms with Gasteiger partial charge in [0.15, 0.2) is 0 Å². The van der Waals surface area contributed by atoms with Crippen molar-refractivity contribution in [2.24, 2.45) is 5.92 Å². The smallest absolute Gasteiger partial charge is 0.251 e. The van der Waals surface area contributed by atoms with Crippen LogP contribution in [-0.2, 0) is 14.8 Å². The molecule has 1 aliphatic heterocycles. The second-order valence-corrected chi connectivity index (χ2v) is 9.97. The summed E-state index contributed by atoms with van der Waals surface area (Å²) in [6.45, 7) is 0.833. The Hall–Kier alpha value is -1.93. The van der Waals surface area contributed by atoms with Crippen LogP contribution < -0.4 is 10.0 Å². The molecule has 4 rings (SSSR count). The maximum Gasteiger partial charge on any atom is 0.251 e. The van der Waals surface area contributed by atoms with Crippen molar-refractivity contribution >= 4 is 27.5 Å². The highest BCUT2D eigenvalue weighted by molar-refractivity contribution is 7.89. The zero-order valence-corrected chi connectivity index (χ0v) is 18.1. The van der Waals surface area contributed by atoms with E-state index in [0.717, 1.165) is 31.2 Å². The van der Waals surface area contributed by atoms with Crippen molar-refractivity contribution in [2.45, 2.75) is 42.7 Å². The van der Waals surface area contributed by atoms with Crippen molar-refractivity contribution in [3.8, 4) is 0 Å². The van der Waals surface area contributed by atoms with E-state index in [1.165, 1.54) is 12.1 Å². The van der Waals surface area contributed by atoms with Gasteiger partial charge in [-0.25, -0.2) is 13.1 Å². The first-order valence-corrected chi connectivity index (χ1v) is 12.1. The van der Waals surface area contributed by atoms with Gasteiger partial charge in [-0.15, -0.1) is 0 Å². The van der Waals surface area contributed by atoms with Crippen molar-refractivity contribution in [1.29, 1.82) is 0 Å². The molecule has 30 heavy (non-hydrogen) atoms. The zero-order chi connectivity index (χ0) is 21.1. The van der Waals surface area contributed by atoms with Gasteiger partial charge in [-0.05, 0) is 55.4 Å². The number of sulfonamides is 1. The van der Waals surface area contributed by atoms with Crippen LogP contribution in [0.5, 0.6) is 0 Å². The van der Waals surface area contributed by atoms with Crippen LogP contribution in [0.3, 0.4) is 0 Å². The Morgan fingerprint density at radius 2 is 1.90 bits per heavy atom. The van der Waals surface area contributed by atoms with Crippen LogP contribution in [0.25, 0.3) is 0 Å². The number of carbonyl (C=O) groups excluding carboxylic acids is 1. The summed E-state index contributed by atoms with van der Waals surface area (Å²) in [7, 11) is -3.86. The number of hydrogen-bond donors (Lipinski definition) is 2. The number of nitrogens with one attached hydrogen (secondary N) is 2. The summed E-state index contributed by atoms with van der Waals surface area (Å²) in [5, 5.41) is 3.15. The SMILES string of the molecule is O=C(NC(c1ccccc1)C1CC1)c1ccc(Cl)c(S(=O)(=O)NCC2CCCO2)c1. The molecule has 2 atom stereocenters. The van der Waals surface area contributed by atoms with Crippen LogP contribution in [0.4, 0.5) is 0 Å². The summed E-state index contributed by atoms with van der Waals surface area (Å²) in [5.41, 5.74) is 1.31. The zero-order valence-electron chi connectivity index (χ0n) is 16.5. The molecule has 6 nitrogen and oxygen atoms in total. The molecule has 0 radical (unpaired) electrons. The van der Waals surface area contributed by atoms with Gasteiger partial charge in [-0.1, -0.05) is 41.9 Å². The van der Waals surface area contributed by atoms with Crippen LogP contribution in [0.1, 0.15) is 47.6 Å². The van der Waals surface area contributed by atoms with Crippen molar-refractivity contribution in [1.82, 2.24) is 10.0 Å². The number of rotatable bonds is 8. The molecule has 1 saturated carbocycles. The first kappa shape index (κ1) is 21.3. The van der Waals surface area contributed by atoms with Crippen LogP contribution in [0.2, 0.25) is 5.02 Å². The molecule has 2 aliphatic rings. The van der Waals surface area contributed by atoms with Gasteiger partial charge < -0.3 is 10.1 Å². The van der Waals surface area contributed by atoms with Crippen molar-refractivity contribution in [3.63, 3.8) is 0 Å². The lowest BCUT2D eigenvalue weighted by molar-refractivity contribution is 0.0931. The molecule has 0 bridgehead atoms. The first-order chi connectivity index (χ1) is 14.4. The molecule has 0 aromatic heterocycles. The number of ether oxygens (including phenoxy) is 1. The molecule has 2 N–H and O–H groups in total. The van der Waals surface area contributed by atoms with Gasteiger partial charge in [0.25, 0.3) is 5.91 Å². The lowest BCUT2D eigenvalue weighted by Crippen LogP contribution is -2.32. The summed E-state index contributed by atoms with van der Waals surface area (Å²) in [6.07, 6.45) is 3.74. The largest absolute Gasteiger partial charge is 0.377 e. The Labute approximate surface area is 182 Å². The third-order valence-electron chi connectivity index (χ3n) is 5.55. The van der Waals surface area contributed by atoms with E-state index in [1.54, 1.807) is 6.07 Å². The molecule has 1 saturated heterocycles. The quantitative estimate of drug-likeness (QED) is 0.645. The summed E-state index contributed by atoms with van der Waals surface area (Å²) >= 11 is 6.16. The second-order valence-electron chi connectivity index (χ2n) is 7.83. The van der Waals surface area contributed by atoms with Crippen LogP contribution >= 0.6 is 11.6 Å². The number of halogens is 1. The summed E-state index contributed by atoms with van der Waals surface area (Å²) < 4.78 is 33.5. The van der Waals surface area contributed by atoms with Gasteiger partial charge in [0.05, 0.1) is 17.2 Å². The number of carbonyl (C=O) groups is 1. The maximum absolute atomic E-state index is 12.9. The number of amides is 1. The Morgan fingerprint density at radius 3 is 2.57 bits per heavy atom. The second kappa shape index (κ2) is 9.06. The average Bonchev–Trinajstić information content (AvgIpc) is 3.45. The van der Waals surface area contributed by atoms with E-state index >= 15 is 0 Å². The molecule has 1 amide bonds. The van der Waals surface area contributed by atoms with Crippen molar-refractivity contribution < 1.29 is 17.9 Å².